The summed E-state index contributed by atoms with van der Waals surface area (Å²) in [5, 5.41) is 8.71. The van der Waals surface area contributed by atoms with Crippen LogP contribution < -0.4 is 0 Å². The van der Waals surface area contributed by atoms with E-state index in [-0.39, 0.29) is 12.2 Å². The zero-order valence-electron chi connectivity index (χ0n) is 9.35. The molecule has 4 nitrogen and oxygen atoms in total. The Labute approximate surface area is 85.7 Å². The fourth-order valence-electron chi connectivity index (χ4n) is 0.866. The van der Waals surface area contributed by atoms with Gasteiger partial charge in [-0.2, -0.15) is 5.26 Å². The zero-order valence-corrected chi connectivity index (χ0v) is 10.2. The lowest BCUT2D eigenvalue weighted by molar-refractivity contribution is 0.140. The zero-order chi connectivity index (χ0) is 11.4. The van der Waals surface area contributed by atoms with E-state index in [1.807, 2.05) is 6.07 Å². The molecule has 0 radical (unpaired) electrons. The lowest BCUT2D eigenvalue weighted by Crippen LogP contribution is -2.14. The number of rotatable bonds is 5. The van der Waals surface area contributed by atoms with Crippen LogP contribution in [0.4, 0.5) is 0 Å². The van der Waals surface area contributed by atoms with Gasteiger partial charge >= 0.3 is 7.60 Å². The lowest BCUT2D eigenvalue weighted by Gasteiger charge is -2.24. The van der Waals surface area contributed by atoms with Crippen LogP contribution in [0.1, 0.15) is 34.6 Å². The monoisotopic (exact) mass is 219 g/mol. The van der Waals surface area contributed by atoms with E-state index in [9.17, 15) is 4.57 Å². The molecule has 0 aromatic carbocycles. The van der Waals surface area contributed by atoms with Crippen LogP contribution in [0.25, 0.3) is 0 Å². The van der Waals surface area contributed by atoms with E-state index in [4.69, 9.17) is 14.3 Å². The summed E-state index contributed by atoms with van der Waals surface area (Å²) in [5.74, 6) is 0. The van der Waals surface area contributed by atoms with E-state index in [1.165, 1.54) is 0 Å². The van der Waals surface area contributed by atoms with Crippen molar-refractivity contribution in [3.63, 3.8) is 0 Å². The number of nitriles is 1. The van der Waals surface area contributed by atoms with E-state index in [0.717, 1.165) is 0 Å². The molecule has 0 aromatic heterocycles. The van der Waals surface area contributed by atoms with Crippen LogP contribution in [-0.2, 0) is 13.6 Å². The van der Waals surface area contributed by atoms with Gasteiger partial charge in [0, 0.05) is 0 Å². The molecule has 0 spiro atoms. The highest BCUT2D eigenvalue weighted by Gasteiger charge is 2.34. The summed E-state index contributed by atoms with van der Waals surface area (Å²) < 4.78 is 22.5. The van der Waals surface area contributed by atoms with Crippen molar-refractivity contribution in [2.45, 2.75) is 52.5 Å². The molecule has 0 aliphatic rings. The summed E-state index contributed by atoms with van der Waals surface area (Å²) in [6.45, 7) is 8.60. The van der Waals surface area contributed by atoms with Crippen molar-refractivity contribution < 1.29 is 13.6 Å². The predicted molar refractivity (Wildman–Crippen MR) is 55.1 cm³/mol. The maximum Gasteiger partial charge on any atom is 0.347 e. The second-order valence-electron chi connectivity index (χ2n) is 3.65. The van der Waals surface area contributed by atoms with Crippen LogP contribution in [0.5, 0.6) is 0 Å². The lowest BCUT2D eigenvalue weighted by atomic mass is 10.5. The molecule has 0 rings (SSSR count). The molecule has 5 heteroatoms. The van der Waals surface area contributed by atoms with Gasteiger partial charge in [-0.05, 0) is 34.6 Å². The largest absolute Gasteiger partial charge is 0.347 e. The van der Waals surface area contributed by atoms with E-state index in [0.29, 0.717) is 0 Å². The fraction of sp³-hybridized carbons (Fsp3) is 0.889. The van der Waals surface area contributed by atoms with Crippen LogP contribution in [-0.4, -0.2) is 17.9 Å². The van der Waals surface area contributed by atoms with Crippen molar-refractivity contribution in [3.8, 4) is 6.07 Å². The highest BCUT2D eigenvalue weighted by Crippen LogP contribution is 2.54. The molecule has 82 valence electrons. The van der Waals surface area contributed by atoms with Crippen LogP contribution in [0, 0.1) is 11.3 Å². The van der Waals surface area contributed by atoms with Gasteiger partial charge in [-0.3, -0.25) is 4.57 Å². The molecule has 0 bridgehead atoms. The van der Waals surface area contributed by atoms with E-state index in [2.05, 4.69) is 0 Å². The molecule has 14 heavy (non-hydrogen) atoms. The maximum atomic E-state index is 12.1. The van der Waals surface area contributed by atoms with Gasteiger partial charge in [0.2, 0.25) is 0 Å². The topological polar surface area (TPSA) is 59.3 Å². The molecule has 1 atom stereocenters. The molecular weight excluding hydrogens is 201 g/mol. The summed E-state index contributed by atoms with van der Waals surface area (Å²) in [7, 11) is -3.28. The van der Waals surface area contributed by atoms with Gasteiger partial charge in [0.1, 0.15) is 5.66 Å². The van der Waals surface area contributed by atoms with Gasteiger partial charge in [0.25, 0.3) is 0 Å². The standard InChI is InChI=1S/C9H18NO3P/c1-7(2)12-14(11,9(5)6-10)13-8(3)4/h7-9H,1-5H3. The maximum absolute atomic E-state index is 12.1. The minimum Gasteiger partial charge on any atom is -0.305 e. The van der Waals surface area contributed by atoms with Crippen molar-refractivity contribution in [1.82, 2.24) is 0 Å². The number of nitrogens with zero attached hydrogens (tertiary/aromatic N) is 1. The summed E-state index contributed by atoms with van der Waals surface area (Å²) in [6, 6.07) is 1.90. The molecule has 0 saturated carbocycles. The molecule has 0 heterocycles. The van der Waals surface area contributed by atoms with E-state index in [1.54, 1.807) is 34.6 Å². The first-order valence-corrected chi connectivity index (χ1v) is 6.29. The number of hydrogen-bond acceptors (Lipinski definition) is 4. The van der Waals surface area contributed by atoms with Crippen molar-refractivity contribution in [2.24, 2.45) is 0 Å². The minimum atomic E-state index is -3.28. The van der Waals surface area contributed by atoms with Gasteiger partial charge < -0.3 is 9.05 Å². The van der Waals surface area contributed by atoms with Crippen LogP contribution in [0.15, 0.2) is 0 Å². The fourth-order valence-corrected chi connectivity index (χ4v) is 2.60. The minimum absolute atomic E-state index is 0.213. The molecule has 0 aliphatic carbocycles. The normalized spacial score (nSPS) is 14.4. The SMILES string of the molecule is CC(C)OP(=O)(OC(C)C)C(C)C#N. The smallest absolute Gasteiger partial charge is 0.305 e. The Kier molecular flexibility index (Phi) is 5.36. The average Bonchev–Trinajstić information content (AvgIpc) is 1.99. The van der Waals surface area contributed by atoms with E-state index < -0.39 is 13.3 Å². The Hall–Kier alpha value is -0.360. The third kappa shape index (κ3) is 4.23. The van der Waals surface area contributed by atoms with Gasteiger partial charge in [-0.25, -0.2) is 0 Å². The average molecular weight is 219 g/mol. The Morgan fingerprint density at radius 1 is 1.07 bits per heavy atom. The molecule has 0 saturated heterocycles. The van der Waals surface area contributed by atoms with Gasteiger partial charge in [-0.1, -0.05) is 0 Å². The first-order valence-electron chi connectivity index (χ1n) is 4.68. The van der Waals surface area contributed by atoms with Crippen molar-refractivity contribution in [1.29, 1.82) is 5.26 Å². The van der Waals surface area contributed by atoms with Gasteiger partial charge in [0.15, 0.2) is 0 Å². The van der Waals surface area contributed by atoms with Gasteiger partial charge in [0.05, 0.1) is 18.3 Å². The molecule has 0 aromatic rings. The Bertz CT molecular complexity index is 243. The first-order chi connectivity index (χ1) is 6.31. The van der Waals surface area contributed by atoms with Gasteiger partial charge in [-0.15, -0.1) is 0 Å². The third-order valence-corrected chi connectivity index (χ3v) is 3.87. The highest BCUT2D eigenvalue weighted by atomic mass is 31.2. The molecule has 0 N–H and O–H groups in total. The summed E-state index contributed by atoms with van der Waals surface area (Å²) in [6.07, 6.45) is -0.425. The predicted octanol–water partition coefficient (Wildman–Crippen LogP) is 2.94. The summed E-state index contributed by atoms with van der Waals surface area (Å²) in [4.78, 5) is 0. The van der Waals surface area contributed by atoms with Crippen molar-refractivity contribution in [3.05, 3.63) is 0 Å². The first kappa shape index (κ1) is 13.6. The molecule has 0 fully saturated rings. The van der Waals surface area contributed by atoms with Crippen LogP contribution in [0.2, 0.25) is 0 Å². The second-order valence-corrected chi connectivity index (χ2v) is 5.93. The number of hydrogen-bond donors (Lipinski definition) is 0. The second kappa shape index (κ2) is 5.50. The molecule has 1 unspecified atom stereocenters. The Balaban J connectivity index is 4.69. The van der Waals surface area contributed by atoms with Crippen LogP contribution >= 0.6 is 7.60 Å². The van der Waals surface area contributed by atoms with Crippen molar-refractivity contribution in [2.75, 3.05) is 0 Å². The Morgan fingerprint density at radius 2 is 1.43 bits per heavy atom. The molecule has 0 amide bonds. The molecular formula is C9H18NO3P. The Morgan fingerprint density at radius 3 is 1.64 bits per heavy atom. The summed E-state index contributed by atoms with van der Waals surface area (Å²) >= 11 is 0. The van der Waals surface area contributed by atoms with Crippen LogP contribution in [0.3, 0.4) is 0 Å². The molecule has 0 aliphatic heterocycles. The van der Waals surface area contributed by atoms with Crippen molar-refractivity contribution >= 4 is 7.60 Å². The quantitative estimate of drug-likeness (QED) is 0.667. The highest BCUT2D eigenvalue weighted by molar-refractivity contribution is 7.55. The third-order valence-electron chi connectivity index (χ3n) is 1.38. The van der Waals surface area contributed by atoms with E-state index >= 15 is 0 Å². The summed E-state index contributed by atoms with van der Waals surface area (Å²) in [5.41, 5.74) is -0.729.